The van der Waals surface area contributed by atoms with Gasteiger partial charge in [-0.1, -0.05) is 12.5 Å². The Hall–Kier alpha value is -0.930. The molecule has 0 saturated carbocycles. The minimum absolute atomic E-state index is 0.354. The molecular formula is C10H16F3N. The van der Waals surface area contributed by atoms with Crippen LogP contribution in [0, 0.1) is 0 Å². The molecule has 0 fully saturated rings. The molecule has 1 N–H and O–H groups in total. The van der Waals surface area contributed by atoms with Gasteiger partial charge >= 0.3 is 6.18 Å². The molecule has 0 atom stereocenters. The van der Waals surface area contributed by atoms with Crippen molar-refractivity contribution in [2.24, 2.45) is 0 Å². The van der Waals surface area contributed by atoms with Gasteiger partial charge in [-0.15, -0.1) is 0 Å². The fraction of sp³-hybridized carbons (Fsp3) is 0.600. The lowest BCUT2D eigenvalue weighted by atomic mass is 10.1. The number of nitrogens with one attached hydrogen (secondary N) is 1. The molecule has 0 aromatic heterocycles. The maximum absolute atomic E-state index is 12.5. The monoisotopic (exact) mass is 207 g/mol. The molecule has 0 aliphatic heterocycles. The van der Waals surface area contributed by atoms with E-state index in [1.165, 1.54) is 6.92 Å². The first-order chi connectivity index (χ1) is 6.32. The molecule has 0 aromatic rings. The average molecular weight is 207 g/mol. The van der Waals surface area contributed by atoms with Gasteiger partial charge in [0.25, 0.3) is 0 Å². The molecule has 0 unspecified atom stereocenters. The highest BCUT2D eigenvalue weighted by Crippen LogP contribution is 2.30. The number of halogens is 3. The van der Waals surface area contributed by atoms with Gasteiger partial charge in [0.05, 0.1) is 5.57 Å². The smallest absolute Gasteiger partial charge is 0.392 e. The normalized spacial score (nSPS) is 15.2. The topological polar surface area (TPSA) is 12.0 Å². The third-order valence-electron chi connectivity index (χ3n) is 2.05. The maximum Gasteiger partial charge on any atom is 0.416 e. The second-order valence-electron chi connectivity index (χ2n) is 3.12. The van der Waals surface area contributed by atoms with Crippen LogP contribution in [0.5, 0.6) is 0 Å². The Morgan fingerprint density at radius 2 is 1.79 bits per heavy atom. The fourth-order valence-corrected chi connectivity index (χ4v) is 0.926. The summed E-state index contributed by atoms with van der Waals surface area (Å²) >= 11 is 0. The Morgan fingerprint density at radius 1 is 1.29 bits per heavy atom. The summed E-state index contributed by atoms with van der Waals surface area (Å²) in [4.78, 5) is 0. The number of rotatable bonds is 3. The van der Waals surface area contributed by atoms with Gasteiger partial charge in [0.15, 0.2) is 0 Å². The SMILES string of the molecule is CC/C(C)=C(\C=C(\C)NC)C(F)(F)F. The van der Waals surface area contributed by atoms with E-state index in [0.717, 1.165) is 6.08 Å². The van der Waals surface area contributed by atoms with Crippen molar-refractivity contribution in [2.75, 3.05) is 7.05 Å². The Balaban J connectivity index is 5.15. The molecule has 0 radical (unpaired) electrons. The Kier molecular flexibility index (Phi) is 4.74. The van der Waals surface area contributed by atoms with Crippen molar-refractivity contribution in [3.05, 3.63) is 22.9 Å². The summed E-state index contributed by atoms with van der Waals surface area (Å²) in [5.74, 6) is 0. The first-order valence-electron chi connectivity index (χ1n) is 4.45. The third kappa shape index (κ3) is 3.85. The number of allylic oxidation sites excluding steroid dienone is 4. The quantitative estimate of drug-likeness (QED) is 0.699. The lowest BCUT2D eigenvalue weighted by Gasteiger charge is -2.12. The minimum atomic E-state index is -4.27. The van der Waals surface area contributed by atoms with Gasteiger partial charge < -0.3 is 5.32 Å². The highest BCUT2D eigenvalue weighted by molar-refractivity contribution is 5.31. The van der Waals surface area contributed by atoms with Crippen molar-refractivity contribution in [2.45, 2.75) is 33.4 Å². The van der Waals surface area contributed by atoms with E-state index in [9.17, 15) is 13.2 Å². The number of alkyl halides is 3. The van der Waals surface area contributed by atoms with Crippen molar-refractivity contribution >= 4 is 0 Å². The summed E-state index contributed by atoms with van der Waals surface area (Å²) in [6.45, 7) is 4.82. The van der Waals surface area contributed by atoms with Crippen LogP contribution in [0.3, 0.4) is 0 Å². The third-order valence-corrected chi connectivity index (χ3v) is 2.05. The summed E-state index contributed by atoms with van der Waals surface area (Å²) in [5, 5.41) is 2.67. The van der Waals surface area contributed by atoms with Crippen LogP contribution in [0.1, 0.15) is 27.2 Å². The molecule has 0 saturated heterocycles. The predicted molar refractivity (Wildman–Crippen MR) is 51.9 cm³/mol. The lowest BCUT2D eigenvalue weighted by molar-refractivity contribution is -0.0891. The molecule has 0 aliphatic carbocycles. The summed E-state index contributed by atoms with van der Waals surface area (Å²) in [6, 6.07) is 0. The van der Waals surface area contributed by atoms with Crippen LogP contribution in [0.2, 0.25) is 0 Å². The van der Waals surface area contributed by atoms with E-state index in [0.29, 0.717) is 17.7 Å². The molecule has 0 amide bonds. The molecule has 0 rings (SSSR count). The van der Waals surface area contributed by atoms with Gasteiger partial charge in [0.2, 0.25) is 0 Å². The zero-order valence-corrected chi connectivity index (χ0v) is 8.92. The van der Waals surface area contributed by atoms with Gasteiger partial charge in [-0.3, -0.25) is 0 Å². The van der Waals surface area contributed by atoms with Crippen LogP contribution >= 0.6 is 0 Å². The van der Waals surface area contributed by atoms with Gasteiger partial charge in [-0.05, 0) is 26.3 Å². The summed E-state index contributed by atoms with van der Waals surface area (Å²) in [5.41, 5.74) is 0.309. The molecule has 82 valence electrons. The second kappa shape index (κ2) is 5.08. The zero-order valence-electron chi connectivity index (χ0n) is 8.92. The van der Waals surface area contributed by atoms with E-state index in [2.05, 4.69) is 5.32 Å². The Bertz CT molecular complexity index is 249. The largest absolute Gasteiger partial charge is 0.416 e. The van der Waals surface area contributed by atoms with Crippen molar-refractivity contribution in [1.82, 2.24) is 5.32 Å². The molecular weight excluding hydrogens is 191 g/mol. The summed E-state index contributed by atoms with van der Waals surface area (Å²) in [6.07, 6.45) is -2.72. The number of hydrogen-bond acceptors (Lipinski definition) is 1. The van der Waals surface area contributed by atoms with E-state index in [1.54, 1.807) is 20.9 Å². The van der Waals surface area contributed by atoms with E-state index in [-0.39, 0.29) is 0 Å². The average Bonchev–Trinajstić information content (AvgIpc) is 2.10. The van der Waals surface area contributed by atoms with Gasteiger partial charge in [-0.25, -0.2) is 0 Å². The van der Waals surface area contributed by atoms with E-state index >= 15 is 0 Å². The standard InChI is InChI=1S/C10H16F3N/c1-5-7(2)9(10(11,12)13)6-8(3)14-4/h6,14H,5H2,1-4H3/b8-6-,9-7+. The predicted octanol–water partition coefficient (Wildman–Crippen LogP) is 3.40. The second-order valence-corrected chi connectivity index (χ2v) is 3.12. The van der Waals surface area contributed by atoms with Gasteiger partial charge in [-0.2, -0.15) is 13.2 Å². The van der Waals surface area contributed by atoms with Crippen LogP contribution < -0.4 is 5.32 Å². The van der Waals surface area contributed by atoms with Gasteiger partial charge in [0, 0.05) is 12.7 Å². The van der Waals surface area contributed by atoms with Crippen LogP contribution in [-0.2, 0) is 0 Å². The number of hydrogen-bond donors (Lipinski definition) is 1. The first kappa shape index (κ1) is 13.1. The van der Waals surface area contributed by atoms with Crippen LogP contribution in [0.4, 0.5) is 13.2 Å². The highest BCUT2D eigenvalue weighted by Gasteiger charge is 2.33. The van der Waals surface area contributed by atoms with Crippen molar-refractivity contribution in [3.63, 3.8) is 0 Å². The molecule has 0 heterocycles. The molecule has 0 bridgehead atoms. The highest BCUT2D eigenvalue weighted by atomic mass is 19.4. The van der Waals surface area contributed by atoms with Crippen molar-refractivity contribution in [3.8, 4) is 0 Å². The molecule has 14 heavy (non-hydrogen) atoms. The Labute approximate surface area is 82.7 Å². The van der Waals surface area contributed by atoms with E-state index < -0.39 is 11.7 Å². The summed E-state index contributed by atoms with van der Waals surface area (Å²) < 4.78 is 37.6. The maximum atomic E-state index is 12.5. The van der Waals surface area contributed by atoms with E-state index in [4.69, 9.17) is 0 Å². The molecule has 0 spiro atoms. The van der Waals surface area contributed by atoms with Gasteiger partial charge in [0.1, 0.15) is 0 Å². The van der Waals surface area contributed by atoms with Crippen LogP contribution in [0.15, 0.2) is 22.9 Å². The first-order valence-corrected chi connectivity index (χ1v) is 4.45. The molecule has 0 aromatic carbocycles. The summed E-state index contributed by atoms with van der Waals surface area (Å²) in [7, 11) is 1.60. The van der Waals surface area contributed by atoms with Crippen molar-refractivity contribution < 1.29 is 13.2 Å². The van der Waals surface area contributed by atoms with E-state index in [1.807, 2.05) is 0 Å². The fourth-order valence-electron chi connectivity index (χ4n) is 0.926. The zero-order chi connectivity index (χ0) is 11.4. The molecule has 0 aliphatic rings. The van der Waals surface area contributed by atoms with Crippen LogP contribution in [0.25, 0.3) is 0 Å². The minimum Gasteiger partial charge on any atom is -0.392 e. The molecule has 4 heteroatoms. The van der Waals surface area contributed by atoms with Crippen molar-refractivity contribution in [1.29, 1.82) is 0 Å². The van der Waals surface area contributed by atoms with Crippen LogP contribution in [-0.4, -0.2) is 13.2 Å². The Morgan fingerprint density at radius 3 is 2.07 bits per heavy atom. The molecule has 1 nitrogen and oxygen atoms in total. The lowest BCUT2D eigenvalue weighted by Crippen LogP contribution is -2.14.